The second-order valence-electron chi connectivity index (χ2n) is 3.89. The summed E-state index contributed by atoms with van der Waals surface area (Å²) in [5, 5.41) is 0. The minimum absolute atomic E-state index is 0.634. The van der Waals surface area contributed by atoms with Gasteiger partial charge in [0.1, 0.15) is 0 Å². The molecule has 2 N–H and O–H groups in total. The van der Waals surface area contributed by atoms with E-state index in [1.807, 2.05) is 6.07 Å². The maximum Gasteiger partial charge on any atom is 0.0419 e. The highest BCUT2D eigenvalue weighted by atomic mass is 15.1. The molecule has 0 fully saturated rings. The van der Waals surface area contributed by atoms with E-state index >= 15 is 0 Å². The summed E-state index contributed by atoms with van der Waals surface area (Å²) >= 11 is 0. The molecular formula is C11H16N2. The number of benzene rings is 1. The number of nitrogens with zero attached hydrogens (tertiary/aromatic N) is 1. The van der Waals surface area contributed by atoms with E-state index in [4.69, 9.17) is 5.73 Å². The van der Waals surface area contributed by atoms with Crippen molar-refractivity contribution in [3.8, 4) is 0 Å². The van der Waals surface area contributed by atoms with Gasteiger partial charge in [0.2, 0.25) is 0 Å². The molecule has 0 saturated heterocycles. The molecule has 0 aliphatic carbocycles. The van der Waals surface area contributed by atoms with Crippen LogP contribution in [-0.4, -0.2) is 13.1 Å². The highest BCUT2D eigenvalue weighted by Gasteiger charge is 2.19. The minimum atomic E-state index is 0.634. The molecule has 2 nitrogen and oxygen atoms in total. The van der Waals surface area contributed by atoms with E-state index in [-0.39, 0.29) is 0 Å². The lowest BCUT2D eigenvalue weighted by Crippen LogP contribution is -2.33. The summed E-state index contributed by atoms with van der Waals surface area (Å²) in [4.78, 5) is 2.31. The van der Waals surface area contributed by atoms with Crippen molar-refractivity contribution in [3.63, 3.8) is 0 Å². The van der Waals surface area contributed by atoms with Gasteiger partial charge in [-0.25, -0.2) is 0 Å². The van der Waals surface area contributed by atoms with E-state index in [0.717, 1.165) is 5.69 Å². The molecule has 70 valence electrons. The summed E-state index contributed by atoms with van der Waals surface area (Å²) in [6.07, 6.45) is 2.43. The van der Waals surface area contributed by atoms with Crippen molar-refractivity contribution in [2.24, 2.45) is 0 Å². The Morgan fingerprint density at radius 1 is 1.46 bits per heavy atom. The van der Waals surface area contributed by atoms with Gasteiger partial charge in [0.15, 0.2) is 0 Å². The first kappa shape index (κ1) is 8.42. The molecule has 0 amide bonds. The van der Waals surface area contributed by atoms with Crippen molar-refractivity contribution in [1.29, 1.82) is 0 Å². The molecule has 13 heavy (non-hydrogen) atoms. The van der Waals surface area contributed by atoms with Gasteiger partial charge in [-0.15, -0.1) is 0 Å². The standard InChI is InChI=1S/C11H16N2/c1-8-3-4-9-5-6-10(12)7-11(9)13(8)2/h5-8H,3-4,12H2,1-2H3. The van der Waals surface area contributed by atoms with Crippen molar-refractivity contribution in [1.82, 2.24) is 0 Å². The first-order valence-corrected chi connectivity index (χ1v) is 4.79. The van der Waals surface area contributed by atoms with Crippen LogP contribution in [-0.2, 0) is 6.42 Å². The predicted octanol–water partition coefficient (Wildman–Crippen LogP) is 2.04. The van der Waals surface area contributed by atoms with Gasteiger partial charge in [-0.05, 0) is 37.5 Å². The lowest BCUT2D eigenvalue weighted by atomic mass is 9.97. The maximum absolute atomic E-state index is 5.76. The smallest absolute Gasteiger partial charge is 0.0419 e. The third-order valence-electron chi connectivity index (χ3n) is 2.98. The number of hydrogen-bond donors (Lipinski definition) is 1. The molecule has 0 saturated carbocycles. The SMILES string of the molecule is CC1CCc2ccc(N)cc2N1C. The van der Waals surface area contributed by atoms with Crippen LogP contribution in [0.2, 0.25) is 0 Å². The number of hydrogen-bond acceptors (Lipinski definition) is 2. The van der Waals surface area contributed by atoms with Gasteiger partial charge < -0.3 is 10.6 Å². The van der Waals surface area contributed by atoms with Crippen molar-refractivity contribution in [2.45, 2.75) is 25.8 Å². The molecule has 1 aromatic carbocycles. The molecule has 1 aliphatic heterocycles. The zero-order valence-corrected chi connectivity index (χ0v) is 8.25. The number of nitrogen functional groups attached to an aromatic ring is 1. The van der Waals surface area contributed by atoms with Crippen LogP contribution < -0.4 is 10.6 Å². The van der Waals surface area contributed by atoms with Gasteiger partial charge >= 0.3 is 0 Å². The number of nitrogens with two attached hydrogens (primary N) is 1. The molecule has 1 aliphatic rings. The Morgan fingerprint density at radius 2 is 2.23 bits per heavy atom. The lowest BCUT2D eigenvalue weighted by Gasteiger charge is -2.33. The highest BCUT2D eigenvalue weighted by molar-refractivity contribution is 5.62. The van der Waals surface area contributed by atoms with E-state index in [1.165, 1.54) is 24.1 Å². The van der Waals surface area contributed by atoms with Crippen LogP contribution in [0.4, 0.5) is 11.4 Å². The average Bonchev–Trinajstić information content (AvgIpc) is 2.12. The maximum atomic E-state index is 5.76. The number of anilines is 2. The molecule has 1 unspecified atom stereocenters. The largest absolute Gasteiger partial charge is 0.399 e. The molecule has 1 heterocycles. The van der Waals surface area contributed by atoms with Crippen molar-refractivity contribution < 1.29 is 0 Å². The van der Waals surface area contributed by atoms with E-state index in [1.54, 1.807) is 0 Å². The summed E-state index contributed by atoms with van der Waals surface area (Å²) in [5.41, 5.74) is 9.35. The van der Waals surface area contributed by atoms with Gasteiger partial charge in [0.05, 0.1) is 0 Å². The van der Waals surface area contributed by atoms with Gasteiger partial charge in [-0.3, -0.25) is 0 Å². The van der Waals surface area contributed by atoms with Crippen LogP contribution in [0, 0.1) is 0 Å². The molecule has 1 atom stereocenters. The molecule has 0 bridgehead atoms. The zero-order valence-electron chi connectivity index (χ0n) is 8.25. The Kier molecular flexibility index (Phi) is 1.91. The summed E-state index contributed by atoms with van der Waals surface area (Å²) in [6, 6.07) is 6.84. The van der Waals surface area contributed by atoms with Crippen LogP contribution in [0.1, 0.15) is 18.9 Å². The average molecular weight is 176 g/mol. The third kappa shape index (κ3) is 1.37. The summed E-state index contributed by atoms with van der Waals surface area (Å²) in [7, 11) is 2.14. The molecule has 0 aromatic heterocycles. The number of fused-ring (bicyclic) bond motifs is 1. The van der Waals surface area contributed by atoms with E-state index in [0.29, 0.717) is 6.04 Å². The third-order valence-corrected chi connectivity index (χ3v) is 2.98. The van der Waals surface area contributed by atoms with E-state index < -0.39 is 0 Å². The number of aryl methyl sites for hydroxylation is 1. The molecule has 0 spiro atoms. The summed E-state index contributed by atoms with van der Waals surface area (Å²) in [5.74, 6) is 0. The monoisotopic (exact) mass is 176 g/mol. The van der Waals surface area contributed by atoms with Crippen LogP contribution in [0.15, 0.2) is 18.2 Å². The fourth-order valence-corrected chi connectivity index (χ4v) is 1.92. The van der Waals surface area contributed by atoms with Gasteiger partial charge in [-0.1, -0.05) is 6.07 Å². The minimum Gasteiger partial charge on any atom is -0.399 e. The quantitative estimate of drug-likeness (QED) is 0.613. The van der Waals surface area contributed by atoms with Crippen molar-refractivity contribution in [3.05, 3.63) is 23.8 Å². The zero-order chi connectivity index (χ0) is 9.42. The van der Waals surface area contributed by atoms with Crippen molar-refractivity contribution in [2.75, 3.05) is 17.7 Å². The van der Waals surface area contributed by atoms with E-state index in [9.17, 15) is 0 Å². The normalized spacial score (nSPS) is 21.4. The molecule has 2 rings (SSSR count). The molecule has 2 heteroatoms. The van der Waals surface area contributed by atoms with Crippen molar-refractivity contribution >= 4 is 11.4 Å². The second-order valence-corrected chi connectivity index (χ2v) is 3.89. The van der Waals surface area contributed by atoms with Crippen LogP contribution >= 0.6 is 0 Å². The first-order valence-electron chi connectivity index (χ1n) is 4.79. The fourth-order valence-electron chi connectivity index (χ4n) is 1.92. The number of rotatable bonds is 0. The Hall–Kier alpha value is -1.18. The first-order chi connectivity index (χ1) is 6.18. The Balaban J connectivity index is 2.45. The predicted molar refractivity (Wildman–Crippen MR) is 57.0 cm³/mol. The molecule has 1 aromatic rings. The van der Waals surface area contributed by atoms with Gasteiger partial charge in [0.25, 0.3) is 0 Å². The van der Waals surface area contributed by atoms with Crippen LogP contribution in [0.5, 0.6) is 0 Å². The molecular weight excluding hydrogens is 160 g/mol. The Bertz CT molecular complexity index is 320. The van der Waals surface area contributed by atoms with Crippen LogP contribution in [0.3, 0.4) is 0 Å². The molecule has 0 radical (unpaired) electrons. The summed E-state index contributed by atoms with van der Waals surface area (Å²) in [6.45, 7) is 2.26. The van der Waals surface area contributed by atoms with Gasteiger partial charge in [0, 0.05) is 24.5 Å². The Labute approximate surface area is 79.4 Å². The van der Waals surface area contributed by atoms with Gasteiger partial charge in [-0.2, -0.15) is 0 Å². The van der Waals surface area contributed by atoms with Crippen LogP contribution in [0.25, 0.3) is 0 Å². The summed E-state index contributed by atoms with van der Waals surface area (Å²) < 4.78 is 0. The highest BCUT2D eigenvalue weighted by Crippen LogP contribution is 2.30. The Morgan fingerprint density at radius 3 is 3.00 bits per heavy atom. The van der Waals surface area contributed by atoms with E-state index in [2.05, 4.69) is 31.0 Å². The topological polar surface area (TPSA) is 29.3 Å². The second kappa shape index (κ2) is 2.95. The fraction of sp³-hybridized carbons (Fsp3) is 0.455. The lowest BCUT2D eigenvalue weighted by molar-refractivity contribution is 0.598.